The number of rotatable bonds is 4. The summed E-state index contributed by atoms with van der Waals surface area (Å²) in [6.07, 6.45) is 2.01. The van der Waals surface area contributed by atoms with Crippen LogP contribution >= 0.6 is 0 Å². The van der Waals surface area contributed by atoms with E-state index in [0.717, 1.165) is 11.0 Å². The Bertz CT molecular complexity index is 551. The molecule has 118 valence electrons. The van der Waals surface area contributed by atoms with Crippen LogP contribution in [-0.4, -0.2) is 30.8 Å². The lowest BCUT2D eigenvalue weighted by atomic mass is 9.77. The number of carbonyl (C=O) groups is 1. The summed E-state index contributed by atoms with van der Waals surface area (Å²) in [5, 5.41) is 2.83. The van der Waals surface area contributed by atoms with Gasteiger partial charge in [0.2, 0.25) is 5.91 Å². The highest BCUT2D eigenvalue weighted by Crippen LogP contribution is 2.38. The molecule has 22 heavy (non-hydrogen) atoms. The zero-order valence-corrected chi connectivity index (χ0v) is 14.0. The summed E-state index contributed by atoms with van der Waals surface area (Å²) in [6, 6.07) is 9.95. The van der Waals surface area contributed by atoms with E-state index in [1.54, 1.807) is 0 Å². The number of hydrogen-bond acceptors (Lipinski definition) is 3. The largest absolute Gasteiger partial charge is 0.492 e. The number of benzene rings is 1. The predicted molar refractivity (Wildman–Crippen MR) is 89.2 cm³/mol. The second-order valence-corrected chi connectivity index (χ2v) is 6.63. The molecular weight excluding hydrogens is 277 g/mol. The molecule has 1 aromatic rings. The third-order valence-corrected chi connectivity index (χ3v) is 4.25. The number of amides is 1. The van der Waals surface area contributed by atoms with E-state index < -0.39 is 18.3 Å². The highest BCUT2D eigenvalue weighted by atomic mass is 16.7. The van der Waals surface area contributed by atoms with Gasteiger partial charge < -0.3 is 14.6 Å². The molecule has 0 atom stereocenters. The summed E-state index contributed by atoms with van der Waals surface area (Å²) < 4.78 is 12.2. The van der Waals surface area contributed by atoms with Gasteiger partial charge in [-0.3, -0.25) is 4.79 Å². The maximum Gasteiger partial charge on any atom is 0.492 e. The molecule has 1 amide bonds. The molecule has 5 heteroatoms. The van der Waals surface area contributed by atoms with Gasteiger partial charge in [-0.05, 0) is 38.7 Å². The van der Waals surface area contributed by atoms with Gasteiger partial charge in [0, 0.05) is 13.5 Å². The molecule has 2 rings (SSSR count). The lowest BCUT2D eigenvalue weighted by molar-refractivity contribution is -0.118. The van der Waals surface area contributed by atoms with Crippen molar-refractivity contribution in [3.63, 3.8) is 0 Å². The number of carbonyl (C=O) groups excluding carboxylic acids is 1. The van der Waals surface area contributed by atoms with Gasteiger partial charge in [-0.15, -0.1) is 0 Å². The Kier molecular flexibility index (Phi) is 4.78. The summed E-state index contributed by atoms with van der Waals surface area (Å²) in [5.74, 6) is -0.0736. The van der Waals surface area contributed by atoms with Crippen LogP contribution in [0.2, 0.25) is 0 Å². The fourth-order valence-corrected chi connectivity index (χ4v) is 2.19. The Morgan fingerprint density at radius 1 is 1.14 bits per heavy atom. The molecule has 1 heterocycles. The van der Waals surface area contributed by atoms with Crippen molar-refractivity contribution in [3.8, 4) is 0 Å². The Morgan fingerprint density at radius 2 is 1.68 bits per heavy atom. The van der Waals surface area contributed by atoms with Gasteiger partial charge in [0.05, 0.1) is 11.2 Å². The summed E-state index contributed by atoms with van der Waals surface area (Å²) in [5.41, 5.74) is 1.16. The lowest BCUT2D eigenvalue weighted by Gasteiger charge is -2.32. The van der Waals surface area contributed by atoms with Crippen molar-refractivity contribution < 1.29 is 14.1 Å². The van der Waals surface area contributed by atoms with Gasteiger partial charge >= 0.3 is 7.12 Å². The van der Waals surface area contributed by atoms with E-state index in [9.17, 15) is 4.79 Å². The Balaban J connectivity index is 2.26. The SMILES string of the molecule is CC(=O)NCC(=Cc1ccccc1)B1OC(C)(C)C(C)(C)O1. The molecular formula is C17H24BNO3. The Labute approximate surface area is 133 Å². The lowest BCUT2D eigenvalue weighted by Crippen LogP contribution is -2.41. The fraction of sp³-hybridized carbons (Fsp3) is 0.471. The fourth-order valence-electron chi connectivity index (χ4n) is 2.19. The van der Waals surface area contributed by atoms with Crippen LogP contribution in [0.15, 0.2) is 35.8 Å². The van der Waals surface area contributed by atoms with Crippen LogP contribution in [0.25, 0.3) is 6.08 Å². The minimum absolute atomic E-state index is 0.0736. The number of hydrogen-bond donors (Lipinski definition) is 1. The maximum atomic E-state index is 11.3. The highest BCUT2D eigenvalue weighted by molar-refractivity contribution is 6.56. The van der Waals surface area contributed by atoms with Crippen molar-refractivity contribution in [1.29, 1.82) is 0 Å². The zero-order chi connectivity index (χ0) is 16.4. The van der Waals surface area contributed by atoms with Crippen LogP contribution < -0.4 is 5.32 Å². The first-order valence-electron chi connectivity index (χ1n) is 7.57. The standard InChI is InChI=1S/C17H24BNO3/c1-13(20)19-12-15(11-14-9-7-6-8-10-14)18-21-16(2,3)17(4,5)22-18/h6-11H,12H2,1-5H3,(H,19,20). The molecule has 1 aliphatic heterocycles. The molecule has 0 spiro atoms. The van der Waals surface area contributed by atoms with E-state index in [1.165, 1.54) is 6.92 Å². The highest BCUT2D eigenvalue weighted by Gasteiger charge is 2.52. The summed E-state index contributed by atoms with van der Waals surface area (Å²) in [7, 11) is -0.461. The van der Waals surface area contributed by atoms with Crippen molar-refractivity contribution in [3.05, 3.63) is 41.4 Å². The van der Waals surface area contributed by atoms with Crippen molar-refractivity contribution in [2.45, 2.75) is 45.8 Å². The van der Waals surface area contributed by atoms with E-state index >= 15 is 0 Å². The molecule has 1 aromatic carbocycles. The van der Waals surface area contributed by atoms with E-state index in [0.29, 0.717) is 6.54 Å². The summed E-state index contributed by atoms with van der Waals surface area (Å²) in [4.78, 5) is 11.3. The Morgan fingerprint density at radius 3 is 2.18 bits per heavy atom. The van der Waals surface area contributed by atoms with E-state index in [1.807, 2.05) is 64.1 Å². The first-order valence-corrected chi connectivity index (χ1v) is 7.57. The van der Waals surface area contributed by atoms with E-state index in [2.05, 4.69) is 5.32 Å². The average molecular weight is 301 g/mol. The first-order chi connectivity index (χ1) is 10.2. The van der Waals surface area contributed by atoms with Crippen LogP contribution in [0.3, 0.4) is 0 Å². The molecule has 0 aliphatic carbocycles. The monoisotopic (exact) mass is 301 g/mol. The van der Waals surface area contributed by atoms with Gasteiger partial charge in [-0.1, -0.05) is 36.4 Å². The van der Waals surface area contributed by atoms with E-state index in [-0.39, 0.29) is 5.91 Å². The first kappa shape index (κ1) is 16.8. The molecule has 1 saturated heterocycles. The minimum Gasteiger partial charge on any atom is -0.400 e. The van der Waals surface area contributed by atoms with Crippen molar-refractivity contribution >= 4 is 19.1 Å². The smallest absolute Gasteiger partial charge is 0.400 e. The Hall–Kier alpha value is -1.59. The van der Waals surface area contributed by atoms with Crippen LogP contribution in [0.4, 0.5) is 0 Å². The maximum absolute atomic E-state index is 11.3. The van der Waals surface area contributed by atoms with Gasteiger partial charge in [0.15, 0.2) is 0 Å². The van der Waals surface area contributed by atoms with Crippen molar-refractivity contribution in [2.75, 3.05) is 6.54 Å². The molecule has 1 N–H and O–H groups in total. The average Bonchev–Trinajstić information content (AvgIpc) is 2.64. The molecule has 0 bridgehead atoms. The van der Waals surface area contributed by atoms with Gasteiger partial charge in [-0.25, -0.2) is 0 Å². The molecule has 0 unspecified atom stereocenters. The molecule has 0 aromatic heterocycles. The molecule has 4 nitrogen and oxygen atoms in total. The topological polar surface area (TPSA) is 47.6 Å². The summed E-state index contributed by atoms with van der Waals surface area (Å²) in [6.45, 7) is 9.99. The number of nitrogens with one attached hydrogen (secondary N) is 1. The van der Waals surface area contributed by atoms with Gasteiger partial charge in [0.25, 0.3) is 0 Å². The van der Waals surface area contributed by atoms with Gasteiger partial charge in [-0.2, -0.15) is 0 Å². The second kappa shape index (κ2) is 6.27. The third-order valence-electron chi connectivity index (χ3n) is 4.25. The van der Waals surface area contributed by atoms with Crippen LogP contribution in [0.5, 0.6) is 0 Å². The van der Waals surface area contributed by atoms with Crippen LogP contribution in [0, 0.1) is 0 Å². The second-order valence-electron chi connectivity index (χ2n) is 6.63. The molecule has 1 aliphatic rings. The molecule has 1 fully saturated rings. The van der Waals surface area contributed by atoms with Crippen molar-refractivity contribution in [1.82, 2.24) is 5.32 Å². The zero-order valence-electron chi connectivity index (χ0n) is 14.0. The minimum atomic E-state index is -0.461. The van der Waals surface area contributed by atoms with Crippen LogP contribution in [-0.2, 0) is 14.1 Å². The molecule has 0 saturated carbocycles. The van der Waals surface area contributed by atoms with Gasteiger partial charge in [0.1, 0.15) is 0 Å². The third kappa shape index (κ3) is 3.78. The normalized spacial score (nSPS) is 20.0. The van der Waals surface area contributed by atoms with E-state index in [4.69, 9.17) is 9.31 Å². The molecule has 0 radical (unpaired) electrons. The quantitative estimate of drug-likeness (QED) is 0.870. The van der Waals surface area contributed by atoms with Crippen molar-refractivity contribution in [2.24, 2.45) is 0 Å². The predicted octanol–water partition coefficient (Wildman–Crippen LogP) is 2.84. The van der Waals surface area contributed by atoms with Crippen LogP contribution in [0.1, 0.15) is 40.2 Å². The summed E-state index contributed by atoms with van der Waals surface area (Å²) >= 11 is 0.